The van der Waals surface area contributed by atoms with Gasteiger partial charge in [-0.2, -0.15) is 30.0 Å². The fraction of sp³-hybridized carbons (Fsp3) is 0.490. The number of phosphoric acid groups is 2. The Bertz CT molecular complexity index is 3520. The van der Waals surface area contributed by atoms with Crippen molar-refractivity contribution in [1.82, 2.24) is 29.9 Å². The number of anilines is 2. The van der Waals surface area contributed by atoms with E-state index in [1.165, 1.54) is 41.5 Å². The number of nitrogens with two attached hydrogens (primary N) is 1. The fourth-order valence-electron chi connectivity index (χ4n) is 10.1. The van der Waals surface area contributed by atoms with Crippen molar-refractivity contribution in [3.05, 3.63) is 96.3 Å². The van der Waals surface area contributed by atoms with Crippen LogP contribution in [0.4, 0.5) is 17.2 Å². The number of hydrogen-bond acceptors (Lipinski definition) is 18. The van der Waals surface area contributed by atoms with Crippen molar-refractivity contribution in [2.24, 2.45) is 0 Å². The summed E-state index contributed by atoms with van der Waals surface area (Å²) in [4.78, 5) is 56.7. The van der Waals surface area contributed by atoms with Gasteiger partial charge in [0.25, 0.3) is 20.2 Å². The second-order valence-electron chi connectivity index (χ2n) is 20.5. The van der Waals surface area contributed by atoms with E-state index in [0.29, 0.717) is 75.8 Å². The number of hydrogen-bond donors (Lipinski definition) is 9. The van der Waals surface area contributed by atoms with Crippen molar-refractivity contribution in [1.29, 1.82) is 0 Å². The van der Waals surface area contributed by atoms with Crippen LogP contribution in [0, 0.1) is 0 Å². The van der Waals surface area contributed by atoms with Gasteiger partial charge in [-0.1, -0.05) is 44.9 Å². The quantitative estimate of drug-likeness (QED) is 0.00948. The second-order valence-corrected chi connectivity index (χ2v) is 28.2. The molecule has 5 heterocycles. The fourth-order valence-corrected chi connectivity index (χ4v) is 14.8. The van der Waals surface area contributed by atoms with Crippen molar-refractivity contribution in [3.63, 3.8) is 0 Å². The van der Waals surface area contributed by atoms with Crippen LogP contribution in [0.2, 0.25) is 0 Å². The van der Waals surface area contributed by atoms with Gasteiger partial charge in [0.05, 0.1) is 34.2 Å². The number of fused-ring (bicyclic) bond motifs is 3. The van der Waals surface area contributed by atoms with Crippen LogP contribution in [0.5, 0.6) is 0 Å². The maximum absolute atomic E-state index is 12.7. The summed E-state index contributed by atoms with van der Waals surface area (Å²) in [5, 5.41) is 15.5. The van der Waals surface area contributed by atoms with Gasteiger partial charge < -0.3 is 40.5 Å². The molecule has 0 spiro atoms. The topological polar surface area (TPSA) is 395 Å². The van der Waals surface area contributed by atoms with E-state index in [1.807, 2.05) is 65.0 Å². The number of unbranched alkanes of at least 4 members (excludes halogenated alkanes) is 5. The van der Waals surface area contributed by atoms with Gasteiger partial charge in [-0.3, -0.25) is 23.0 Å². The monoisotopic (exact) mass is 1230 g/mol. The van der Waals surface area contributed by atoms with Crippen LogP contribution < -0.4 is 21.0 Å². The van der Waals surface area contributed by atoms with E-state index >= 15 is 0 Å². The molecule has 4 aromatic rings. The summed E-state index contributed by atoms with van der Waals surface area (Å²) in [6, 6.07) is 9.12. The highest BCUT2D eigenvalue weighted by Crippen LogP contribution is 2.66. The number of aliphatic hydroxyl groups is 1. The van der Waals surface area contributed by atoms with E-state index in [2.05, 4.69) is 43.5 Å². The van der Waals surface area contributed by atoms with Crippen molar-refractivity contribution >= 4 is 83.6 Å². The van der Waals surface area contributed by atoms with Gasteiger partial charge in [0.15, 0.2) is 17.2 Å². The molecule has 3 aliphatic heterocycles. The Morgan fingerprint density at radius 1 is 0.852 bits per heavy atom. The number of carbonyl (C=O) groups excluding carboxylic acids is 1. The van der Waals surface area contributed by atoms with Crippen molar-refractivity contribution in [3.8, 4) is 0 Å². The number of ether oxygens (including phenoxy) is 1. The number of likely N-dealkylation sites (N-methyl/N-ethyl adjacent to an activating group) is 1. The van der Waals surface area contributed by atoms with E-state index in [0.717, 1.165) is 28.3 Å². The van der Waals surface area contributed by atoms with Crippen molar-refractivity contribution in [2.45, 2.75) is 131 Å². The van der Waals surface area contributed by atoms with Gasteiger partial charge in [-0.15, -0.1) is 0 Å². The van der Waals surface area contributed by atoms with E-state index in [9.17, 15) is 64.2 Å². The third kappa shape index (κ3) is 15.7. The summed E-state index contributed by atoms with van der Waals surface area (Å²) < 4.78 is 128. The molecule has 3 aliphatic rings. The molecule has 1 amide bonds. The highest BCUT2D eigenvalue weighted by atomic mass is 32.2. The van der Waals surface area contributed by atoms with Crippen LogP contribution in [-0.4, -0.2) is 126 Å². The van der Waals surface area contributed by atoms with Gasteiger partial charge in [0, 0.05) is 73.4 Å². The normalized spacial score (nSPS) is 21.7. The van der Waals surface area contributed by atoms with Gasteiger partial charge in [-0.05, 0) is 88.4 Å². The smallest absolute Gasteiger partial charge is 0.390 e. The molecule has 444 valence electrons. The molecule has 2 aromatic heterocycles. The zero-order valence-corrected chi connectivity index (χ0v) is 49.5. The SMILES string of the molecule is CCN1C(=CC=CC=CC2=[N+](CCCCCC(=O)NCCCCCCNP(=O)(O)OP(=O)(O)OP(=O)(O)OC[C@H]3O[C@@H](n4cnc5c(N)ncnc54)C[C@@H]3O)c3ccc(S(=O)(=O)O)cc3C2(C)C)C(C)(C)c2cc(S(=O)(=O)O)ccc21. The summed E-state index contributed by atoms with van der Waals surface area (Å²) in [5.41, 5.74) is 10.1. The van der Waals surface area contributed by atoms with Gasteiger partial charge >= 0.3 is 23.4 Å². The maximum Gasteiger partial charge on any atom is 0.489 e. The maximum atomic E-state index is 12.7. The lowest BCUT2D eigenvalue weighted by Gasteiger charge is -2.25. The number of aliphatic hydroxyl groups excluding tert-OH is 1. The number of rotatable bonds is 28. The molecule has 6 atom stereocenters. The standard InChI is InChI=1S/C49H68N9O18P3S2/c1-6-56-37-22-20-33(80(67,68)69)27-35(37)48(2,3)41(56)17-11-9-12-18-42-49(4,5)36-28-34(81(70,71)72)21-23-38(36)57(42)26-16-10-13-19-43(60)51-24-14-7-8-15-25-55-77(61,62)75-79(65,66)76-78(63,64)73-30-40-39(59)29-44(74-40)58-32-54-45-46(50)52-31-53-47(45)58/h9,11-12,17-18,20-23,27-28,31-32,39-40,44,59H,6-8,10,13-16,19,24-26,29-30H2,1-5H3,(H8-,50,51,52,53,55,60,61,62,63,64,65,66,67,68,69,70,71,72)/p+1/t39-,40+,44+/m0/s1. The number of phosphoric ester groups is 1. The molecule has 1 fully saturated rings. The minimum Gasteiger partial charge on any atom is -0.390 e. The predicted molar refractivity (Wildman–Crippen MR) is 298 cm³/mol. The highest BCUT2D eigenvalue weighted by Gasteiger charge is 2.46. The molecule has 0 bridgehead atoms. The van der Waals surface area contributed by atoms with Gasteiger partial charge in [0.1, 0.15) is 30.7 Å². The lowest BCUT2D eigenvalue weighted by atomic mass is 9.81. The summed E-state index contributed by atoms with van der Waals surface area (Å²) in [6.45, 7) is 10.5. The zero-order valence-electron chi connectivity index (χ0n) is 45.1. The first-order valence-electron chi connectivity index (χ1n) is 25.9. The average molecular weight is 1230 g/mol. The molecule has 2 aromatic carbocycles. The summed E-state index contributed by atoms with van der Waals surface area (Å²) >= 11 is 0. The molecule has 0 aliphatic carbocycles. The number of imidazole rings is 1. The third-order valence-corrected chi connectivity index (χ3v) is 20.3. The lowest BCUT2D eigenvalue weighted by Crippen LogP contribution is -2.28. The Morgan fingerprint density at radius 2 is 1.52 bits per heavy atom. The molecule has 32 heteroatoms. The number of benzene rings is 2. The molecule has 10 N–H and O–H groups in total. The van der Waals surface area contributed by atoms with Crippen LogP contribution in [-0.2, 0) is 67.4 Å². The first-order valence-corrected chi connectivity index (χ1v) is 33.4. The molecular weight excluding hydrogens is 1160 g/mol. The molecular formula is C49H69N9O18P3S2+. The zero-order chi connectivity index (χ0) is 59.3. The highest BCUT2D eigenvalue weighted by molar-refractivity contribution is 7.86. The van der Waals surface area contributed by atoms with Crippen LogP contribution in [0.25, 0.3) is 11.2 Å². The number of nitrogens with zero attached hydrogens (tertiary/aromatic N) is 6. The Hall–Kier alpha value is -4.90. The number of allylic oxidation sites excluding steroid dienone is 6. The molecule has 0 radical (unpaired) electrons. The summed E-state index contributed by atoms with van der Waals surface area (Å²) in [7, 11) is -25.0. The van der Waals surface area contributed by atoms with E-state index in [1.54, 1.807) is 12.1 Å². The Balaban J connectivity index is 0.813. The first kappa shape index (κ1) is 63.7. The molecule has 0 saturated carbocycles. The number of carbonyl (C=O) groups is 1. The summed E-state index contributed by atoms with van der Waals surface area (Å²) in [5.74, 6) is -0.0273. The minimum absolute atomic E-state index is 0.0253. The molecule has 27 nitrogen and oxygen atoms in total. The van der Waals surface area contributed by atoms with Crippen LogP contribution in [0.3, 0.4) is 0 Å². The predicted octanol–water partition coefficient (Wildman–Crippen LogP) is 6.62. The van der Waals surface area contributed by atoms with E-state index < -0.39 is 79.5 Å². The first-order chi connectivity index (χ1) is 37.8. The Kier molecular flexibility index (Phi) is 20.1. The Morgan fingerprint density at radius 3 is 2.21 bits per heavy atom. The third-order valence-electron chi connectivity index (χ3n) is 14.1. The number of amides is 1. The van der Waals surface area contributed by atoms with E-state index in [4.69, 9.17) is 15.0 Å². The lowest BCUT2D eigenvalue weighted by molar-refractivity contribution is -0.438. The average Bonchev–Trinajstić information content (AvgIpc) is 3.99. The number of nitrogens with one attached hydrogen (secondary N) is 2. The molecule has 3 unspecified atom stereocenters. The minimum atomic E-state index is -5.69. The number of nitrogen functional groups attached to an aromatic ring is 1. The molecule has 7 rings (SSSR count). The van der Waals surface area contributed by atoms with Gasteiger partial charge in [0.2, 0.25) is 11.6 Å². The molecule has 81 heavy (non-hydrogen) atoms. The molecule has 1 saturated heterocycles. The van der Waals surface area contributed by atoms with Crippen LogP contribution in [0.15, 0.2) is 94.9 Å². The van der Waals surface area contributed by atoms with Crippen molar-refractivity contribution in [2.75, 3.05) is 43.4 Å². The second kappa shape index (κ2) is 25.5. The Labute approximate surface area is 469 Å². The van der Waals surface area contributed by atoms with E-state index in [-0.39, 0.29) is 46.4 Å². The van der Waals surface area contributed by atoms with Gasteiger partial charge in [-0.25, -0.2) is 33.7 Å². The summed E-state index contributed by atoms with van der Waals surface area (Å²) in [6.07, 6.45) is 13.1. The van der Waals surface area contributed by atoms with Crippen LogP contribution in [0.1, 0.15) is 110 Å². The van der Waals surface area contributed by atoms with Crippen LogP contribution >= 0.6 is 23.4 Å². The van der Waals surface area contributed by atoms with Crippen molar-refractivity contribution < 1.29 is 86.7 Å². The largest absolute Gasteiger partial charge is 0.489 e. The number of aromatic nitrogens is 4.